The molecule has 1 aliphatic carbocycles. The van der Waals surface area contributed by atoms with E-state index in [1.54, 1.807) is 0 Å². The van der Waals surface area contributed by atoms with E-state index >= 15 is 0 Å². The molecule has 0 aromatic heterocycles. The van der Waals surface area contributed by atoms with Crippen molar-refractivity contribution >= 4 is 11.8 Å². The molecule has 1 saturated carbocycles. The molecule has 2 fully saturated rings. The third-order valence-corrected chi connectivity index (χ3v) is 4.84. The van der Waals surface area contributed by atoms with E-state index in [9.17, 15) is 14.7 Å². The third kappa shape index (κ3) is 3.95. The number of carbonyl (C=O) groups excluding carboxylic acids is 2. The maximum Gasteiger partial charge on any atom is 0.225 e. The minimum Gasteiger partial charge on any atom is -0.388 e. The van der Waals surface area contributed by atoms with E-state index in [1.165, 1.54) is 6.42 Å². The van der Waals surface area contributed by atoms with Crippen LogP contribution < -0.4 is 10.6 Å². The number of piperidine rings is 1. The van der Waals surface area contributed by atoms with Gasteiger partial charge in [-0.1, -0.05) is 13.3 Å². The van der Waals surface area contributed by atoms with Gasteiger partial charge < -0.3 is 15.7 Å². The maximum atomic E-state index is 12.0. The van der Waals surface area contributed by atoms with E-state index in [0.717, 1.165) is 31.6 Å². The predicted molar refractivity (Wildman–Crippen MR) is 75.9 cm³/mol. The minimum absolute atomic E-state index is 0.0190. The lowest BCUT2D eigenvalue weighted by Crippen LogP contribution is -2.49. The van der Waals surface area contributed by atoms with Crippen LogP contribution in [0.15, 0.2) is 0 Å². The smallest absolute Gasteiger partial charge is 0.225 e. The van der Waals surface area contributed by atoms with Gasteiger partial charge in [0, 0.05) is 19.5 Å². The van der Waals surface area contributed by atoms with Gasteiger partial charge >= 0.3 is 0 Å². The van der Waals surface area contributed by atoms with Gasteiger partial charge in [0.25, 0.3) is 0 Å². The Bertz CT molecular complexity index is 352. The molecule has 5 heteroatoms. The quantitative estimate of drug-likeness (QED) is 0.718. The zero-order valence-corrected chi connectivity index (χ0v) is 12.3. The minimum atomic E-state index is -0.737. The van der Waals surface area contributed by atoms with Crippen LogP contribution in [0.1, 0.15) is 51.9 Å². The first kappa shape index (κ1) is 15.3. The van der Waals surface area contributed by atoms with E-state index in [4.69, 9.17) is 0 Å². The van der Waals surface area contributed by atoms with Crippen LogP contribution >= 0.6 is 0 Å². The highest BCUT2D eigenvalue weighted by Gasteiger charge is 2.34. The van der Waals surface area contributed by atoms with Crippen LogP contribution in [-0.4, -0.2) is 35.6 Å². The van der Waals surface area contributed by atoms with E-state index in [2.05, 4.69) is 17.6 Å². The third-order valence-electron chi connectivity index (χ3n) is 4.84. The van der Waals surface area contributed by atoms with E-state index in [0.29, 0.717) is 25.9 Å². The largest absolute Gasteiger partial charge is 0.388 e. The highest BCUT2D eigenvalue weighted by molar-refractivity contribution is 5.83. The summed E-state index contributed by atoms with van der Waals surface area (Å²) >= 11 is 0. The molecule has 1 aliphatic heterocycles. The number of rotatable bonds is 4. The van der Waals surface area contributed by atoms with E-state index in [-0.39, 0.29) is 17.7 Å². The molecule has 0 aromatic rings. The first-order chi connectivity index (χ1) is 9.52. The Morgan fingerprint density at radius 1 is 1.40 bits per heavy atom. The van der Waals surface area contributed by atoms with Crippen LogP contribution in [-0.2, 0) is 9.59 Å². The van der Waals surface area contributed by atoms with Crippen molar-refractivity contribution < 1.29 is 14.7 Å². The lowest BCUT2D eigenvalue weighted by Gasteiger charge is -2.36. The van der Waals surface area contributed by atoms with Crippen molar-refractivity contribution in [3.8, 4) is 0 Å². The number of aliphatic hydroxyl groups is 1. The van der Waals surface area contributed by atoms with Gasteiger partial charge in [-0.05, 0) is 38.0 Å². The zero-order chi connectivity index (χ0) is 14.6. The molecule has 1 atom stereocenters. The normalized spacial score (nSPS) is 34.4. The summed E-state index contributed by atoms with van der Waals surface area (Å²) in [6, 6.07) is 0. The van der Waals surface area contributed by atoms with Gasteiger partial charge in [-0.25, -0.2) is 0 Å². The SMILES string of the molecule is CCC1CCC(O)(CNC(=O)C2CCC(=O)NC2)CC1. The molecule has 1 heterocycles. The fourth-order valence-corrected chi connectivity index (χ4v) is 3.15. The Hall–Kier alpha value is -1.10. The van der Waals surface area contributed by atoms with Gasteiger partial charge in [0.15, 0.2) is 0 Å². The second-order valence-electron chi connectivity index (χ2n) is 6.33. The molecule has 0 aromatic carbocycles. The van der Waals surface area contributed by atoms with Crippen molar-refractivity contribution in [1.82, 2.24) is 10.6 Å². The van der Waals surface area contributed by atoms with Gasteiger partial charge in [-0.3, -0.25) is 9.59 Å². The summed E-state index contributed by atoms with van der Waals surface area (Å²) < 4.78 is 0. The highest BCUT2D eigenvalue weighted by Crippen LogP contribution is 2.33. The van der Waals surface area contributed by atoms with Gasteiger partial charge in [0.2, 0.25) is 11.8 Å². The molecule has 20 heavy (non-hydrogen) atoms. The van der Waals surface area contributed by atoms with E-state index < -0.39 is 5.60 Å². The number of carbonyl (C=O) groups is 2. The van der Waals surface area contributed by atoms with E-state index in [1.807, 2.05) is 0 Å². The molecule has 2 amide bonds. The summed E-state index contributed by atoms with van der Waals surface area (Å²) in [7, 11) is 0. The van der Waals surface area contributed by atoms with Crippen molar-refractivity contribution in [2.75, 3.05) is 13.1 Å². The molecule has 0 spiro atoms. The molecular formula is C15H26N2O3. The zero-order valence-electron chi connectivity index (χ0n) is 12.3. The fourth-order valence-electron chi connectivity index (χ4n) is 3.15. The Labute approximate surface area is 120 Å². The molecule has 2 aliphatic rings. The molecule has 1 saturated heterocycles. The summed E-state index contributed by atoms with van der Waals surface area (Å²) in [5, 5.41) is 16.1. The van der Waals surface area contributed by atoms with Crippen LogP contribution in [0, 0.1) is 11.8 Å². The van der Waals surface area contributed by atoms with Gasteiger partial charge in [-0.2, -0.15) is 0 Å². The van der Waals surface area contributed by atoms with Crippen molar-refractivity contribution in [1.29, 1.82) is 0 Å². The number of hydrogen-bond donors (Lipinski definition) is 3. The van der Waals surface area contributed by atoms with Crippen LogP contribution in [0.25, 0.3) is 0 Å². The summed E-state index contributed by atoms with van der Waals surface area (Å²) in [6.45, 7) is 2.95. The Morgan fingerprint density at radius 2 is 2.10 bits per heavy atom. The summed E-state index contributed by atoms with van der Waals surface area (Å²) in [4.78, 5) is 23.1. The predicted octanol–water partition coefficient (Wildman–Crippen LogP) is 0.960. The maximum absolute atomic E-state index is 12.0. The standard InChI is InChI=1S/C15H26N2O3/c1-2-11-5-7-15(20,8-6-11)10-17-14(19)12-3-4-13(18)16-9-12/h11-12,20H,2-10H2,1H3,(H,16,18)(H,17,19). The molecule has 3 N–H and O–H groups in total. The molecule has 1 unspecified atom stereocenters. The molecule has 0 bridgehead atoms. The van der Waals surface area contributed by atoms with Crippen LogP contribution in [0.2, 0.25) is 0 Å². The van der Waals surface area contributed by atoms with Crippen molar-refractivity contribution in [2.45, 2.75) is 57.5 Å². The second-order valence-corrected chi connectivity index (χ2v) is 6.33. The lowest BCUT2D eigenvalue weighted by atomic mass is 9.78. The first-order valence-electron chi connectivity index (χ1n) is 7.79. The Kier molecular flexibility index (Phi) is 5.02. The first-order valence-corrected chi connectivity index (χ1v) is 7.79. The average Bonchev–Trinajstić information content (AvgIpc) is 2.46. The van der Waals surface area contributed by atoms with Crippen molar-refractivity contribution in [3.05, 3.63) is 0 Å². The van der Waals surface area contributed by atoms with Gasteiger partial charge in [0.1, 0.15) is 0 Å². The highest BCUT2D eigenvalue weighted by atomic mass is 16.3. The lowest BCUT2D eigenvalue weighted by molar-refractivity contribution is -0.130. The molecule has 114 valence electrons. The molecule has 0 radical (unpaired) electrons. The van der Waals surface area contributed by atoms with Crippen LogP contribution in [0.5, 0.6) is 0 Å². The van der Waals surface area contributed by atoms with Gasteiger partial charge in [0.05, 0.1) is 11.5 Å². The Morgan fingerprint density at radius 3 is 2.65 bits per heavy atom. The van der Waals surface area contributed by atoms with Crippen LogP contribution in [0.4, 0.5) is 0 Å². The van der Waals surface area contributed by atoms with Crippen molar-refractivity contribution in [3.63, 3.8) is 0 Å². The Balaban J connectivity index is 1.74. The average molecular weight is 282 g/mol. The molecule has 2 rings (SSSR count). The second kappa shape index (κ2) is 6.57. The number of nitrogens with one attached hydrogen (secondary N) is 2. The number of hydrogen-bond acceptors (Lipinski definition) is 3. The summed E-state index contributed by atoms with van der Waals surface area (Å²) in [5.41, 5.74) is -0.737. The summed E-state index contributed by atoms with van der Waals surface area (Å²) in [6.07, 6.45) is 5.82. The molecular weight excluding hydrogens is 256 g/mol. The monoisotopic (exact) mass is 282 g/mol. The fraction of sp³-hybridized carbons (Fsp3) is 0.867. The number of amides is 2. The summed E-state index contributed by atoms with van der Waals surface area (Å²) in [5.74, 6) is 0.546. The van der Waals surface area contributed by atoms with Gasteiger partial charge in [-0.15, -0.1) is 0 Å². The molecule has 5 nitrogen and oxygen atoms in total. The topological polar surface area (TPSA) is 78.4 Å². The van der Waals surface area contributed by atoms with Crippen LogP contribution in [0.3, 0.4) is 0 Å². The van der Waals surface area contributed by atoms with Crippen molar-refractivity contribution in [2.24, 2.45) is 11.8 Å².